The zero-order chi connectivity index (χ0) is 7.40. The summed E-state index contributed by atoms with van der Waals surface area (Å²) in [6, 6.07) is 0. The van der Waals surface area contributed by atoms with Crippen molar-refractivity contribution in [3.8, 4) is 0 Å². The highest BCUT2D eigenvalue weighted by Gasteiger charge is 1.92. The third-order valence-electron chi connectivity index (χ3n) is 1.16. The molecule has 0 aliphatic rings. The zero-order valence-electron chi connectivity index (χ0n) is 5.53. The summed E-state index contributed by atoms with van der Waals surface area (Å²) in [7, 11) is 0. The van der Waals surface area contributed by atoms with Crippen molar-refractivity contribution in [3.05, 3.63) is 24.5 Å². The summed E-state index contributed by atoms with van der Waals surface area (Å²) < 4.78 is 1.57. The van der Waals surface area contributed by atoms with Crippen LogP contribution in [0.2, 0.25) is 0 Å². The summed E-state index contributed by atoms with van der Waals surface area (Å²) in [5.41, 5.74) is 0.912. The van der Waals surface area contributed by atoms with Crippen LogP contribution in [0, 0.1) is 0 Å². The molecule has 0 saturated heterocycles. The Morgan fingerprint density at radius 3 is 3.10 bits per heavy atom. The van der Waals surface area contributed by atoms with Crippen LogP contribution in [0.4, 0.5) is 0 Å². The molecule has 0 aliphatic carbocycles. The Balaban J connectivity index is 2.77. The van der Waals surface area contributed by atoms with Gasteiger partial charge in [0.05, 0.1) is 6.20 Å². The molecule has 0 saturated carbocycles. The number of hydrogen-bond acceptors (Lipinski definition) is 2. The Bertz CT molecular complexity index is 240. The van der Waals surface area contributed by atoms with E-state index in [0.29, 0.717) is 6.42 Å². The lowest BCUT2D eigenvalue weighted by Gasteiger charge is -1.83. The van der Waals surface area contributed by atoms with Crippen LogP contribution in [-0.2, 0) is 11.2 Å². The predicted molar refractivity (Wildman–Crippen MR) is 38.4 cm³/mol. The van der Waals surface area contributed by atoms with Crippen molar-refractivity contribution in [2.45, 2.75) is 6.42 Å². The lowest BCUT2D eigenvalue weighted by molar-refractivity contribution is -0.107. The lowest BCUT2D eigenvalue weighted by Crippen LogP contribution is -1.83. The monoisotopic (exact) mass is 136 g/mol. The second-order valence-corrected chi connectivity index (χ2v) is 1.88. The molecule has 0 unspecified atom stereocenters. The van der Waals surface area contributed by atoms with Gasteiger partial charge in [-0.3, -0.25) is 0 Å². The maximum absolute atomic E-state index is 10.0. The third kappa shape index (κ3) is 1.31. The van der Waals surface area contributed by atoms with E-state index in [-0.39, 0.29) is 0 Å². The van der Waals surface area contributed by atoms with E-state index in [1.54, 1.807) is 23.3 Å². The first-order chi connectivity index (χ1) is 4.86. The number of aromatic nitrogens is 2. The first-order valence-corrected chi connectivity index (χ1v) is 2.96. The van der Waals surface area contributed by atoms with Crippen LogP contribution in [0.15, 0.2) is 19.0 Å². The van der Waals surface area contributed by atoms with Crippen molar-refractivity contribution in [1.29, 1.82) is 0 Å². The molecule has 0 aromatic carbocycles. The third-order valence-corrected chi connectivity index (χ3v) is 1.16. The van der Waals surface area contributed by atoms with Crippen molar-refractivity contribution < 1.29 is 4.79 Å². The number of nitrogens with zero attached hydrogens (tertiary/aromatic N) is 2. The first kappa shape index (κ1) is 6.74. The molecule has 0 atom stereocenters. The predicted octanol–water partition coefficient (Wildman–Crippen LogP) is 0.725. The highest BCUT2D eigenvalue weighted by Crippen LogP contribution is 1.96. The Hall–Kier alpha value is -1.38. The molecule has 0 N–H and O–H groups in total. The van der Waals surface area contributed by atoms with E-state index in [0.717, 1.165) is 11.8 Å². The van der Waals surface area contributed by atoms with Gasteiger partial charge in [0.15, 0.2) is 0 Å². The summed E-state index contributed by atoms with van der Waals surface area (Å²) >= 11 is 0. The quantitative estimate of drug-likeness (QED) is 0.574. The molecule has 0 bridgehead atoms. The van der Waals surface area contributed by atoms with Crippen LogP contribution in [0.1, 0.15) is 5.56 Å². The average molecular weight is 136 g/mol. The molecular formula is C7H8N2O. The van der Waals surface area contributed by atoms with E-state index in [4.69, 9.17) is 0 Å². The molecule has 0 fully saturated rings. The summed E-state index contributed by atoms with van der Waals surface area (Å²) in [6.45, 7) is 3.52. The van der Waals surface area contributed by atoms with Gasteiger partial charge in [-0.2, -0.15) is 5.10 Å². The molecule has 52 valence electrons. The van der Waals surface area contributed by atoms with E-state index in [1.807, 2.05) is 0 Å². The van der Waals surface area contributed by atoms with Crippen molar-refractivity contribution in [2.75, 3.05) is 0 Å². The lowest BCUT2D eigenvalue weighted by atomic mass is 10.3. The Kier molecular flexibility index (Phi) is 1.99. The molecule has 3 heteroatoms. The van der Waals surface area contributed by atoms with Crippen LogP contribution in [-0.4, -0.2) is 16.1 Å². The number of carbonyl (C=O) groups is 1. The summed E-state index contributed by atoms with van der Waals surface area (Å²) in [6.07, 6.45) is 6.27. The largest absolute Gasteiger partial charge is 0.303 e. The first-order valence-electron chi connectivity index (χ1n) is 2.96. The molecule has 0 radical (unpaired) electrons. The van der Waals surface area contributed by atoms with Gasteiger partial charge in [-0.15, -0.1) is 0 Å². The van der Waals surface area contributed by atoms with Crippen LogP contribution in [0.3, 0.4) is 0 Å². The van der Waals surface area contributed by atoms with Crippen molar-refractivity contribution >= 4 is 12.5 Å². The topological polar surface area (TPSA) is 34.9 Å². The normalized spacial score (nSPS) is 9.20. The second kappa shape index (κ2) is 2.96. The smallest absolute Gasteiger partial charge is 0.124 e. The molecular weight excluding hydrogens is 128 g/mol. The van der Waals surface area contributed by atoms with Gasteiger partial charge >= 0.3 is 0 Å². The molecule has 3 nitrogen and oxygen atoms in total. The minimum atomic E-state index is 0.424. The molecule has 0 amide bonds. The van der Waals surface area contributed by atoms with E-state index in [9.17, 15) is 4.79 Å². The van der Waals surface area contributed by atoms with Crippen molar-refractivity contribution in [2.24, 2.45) is 0 Å². The Labute approximate surface area is 59.0 Å². The van der Waals surface area contributed by atoms with Crippen LogP contribution in [0.25, 0.3) is 6.20 Å². The highest BCUT2D eigenvalue weighted by atomic mass is 16.1. The average Bonchev–Trinajstić information content (AvgIpc) is 2.37. The second-order valence-electron chi connectivity index (χ2n) is 1.88. The number of rotatable bonds is 3. The van der Waals surface area contributed by atoms with Crippen LogP contribution >= 0.6 is 0 Å². The van der Waals surface area contributed by atoms with Crippen LogP contribution < -0.4 is 0 Å². The van der Waals surface area contributed by atoms with Gasteiger partial charge in [0.2, 0.25) is 0 Å². The highest BCUT2D eigenvalue weighted by molar-refractivity contribution is 5.54. The number of aldehydes is 1. The minimum Gasteiger partial charge on any atom is -0.303 e. The summed E-state index contributed by atoms with van der Waals surface area (Å²) in [5.74, 6) is 0. The molecule has 1 aromatic rings. The number of hydrogen-bond donors (Lipinski definition) is 0. The maximum atomic E-state index is 10.0. The van der Waals surface area contributed by atoms with Crippen LogP contribution in [0.5, 0.6) is 0 Å². The fourth-order valence-corrected chi connectivity index (χ4v) is 0.679. The molecule has 10 heavy (non-hydrogen) atoms. The maximum Gasteiger partial charge on any atom is 0.124 e. The van der Waals surface area contributed by atoms with Gasteiger partial charge in [0.1, 0.15) is 6.29 Å². The van der Waals surface area contributed by atoms with Gasteiger partial charge in [-0.25, -0.2) is 4.68 Å². The van der Waals surface area contributed by atoms with E-state index in [1.165, 1.54) is 0 Å². The Morgan fingerprint density at radius 1 is 1.80 bits per heavy atom. The fourth-order valence-electron chi connectivity index (χ4n) is 0.679. The Morgan fingerprint density at radius 2 is 2.60 bits per heavy atom. The molecule has 1 aromatic heterocycles. The molecule has 0 spiro atoms. The van der Waals surface area contributed by atoms with E-state index < -0.39 is 0 Å². The van der Waals surface area contributed by atoms with Crippen molar-refractivity contribution in [1.82, 2.24) is 9.78 Å². The van der Waals surface area contributed by atoms with Gasteiger partial charge in [-0.1, -0.05) is 6.58 Å². The van der Waals surface area contributed by atoms with E-state index >= 15 is 0 Å². The van der Waals surface area contributed by atoms with Crippen molar-refractivity contribution in [3.63, 3.8) is 0 Å². The standard InChI is InChI=1S/C7H8N2O/c1-2-9-6-7(3-4-10)5-8-9/h2,4-6H,1,3H2. The number of carbonyl (C=O) groups excluding carboxylic acids is 1. The molecule has 1 heterocycles. The summed E-state index contributed by atoms with van der Waals surface area (Å²) in [5, 5.41) is 3.89. The zero-order valence-corrected chi connectivity index (χ0v) is 5.53. The fraction of sp³-hybridized carbons (Fsp3) is 0.143. The van der Waals surface area contributed by atoms with Gasteiger partial charge in [0.25, 0.3) is 0 Å². The SMILES string of the molecule is C=Cn1cc(CC=O)cn1. The summed E-state index contributed by atoms with van der Waals surface area (Å²) in [4.78, 5) is 10.0. The molecule has 1 rings (SSSR count). The molecule has 0 aliphatic heterocycles. The van der Waals surface area contributed by atoms with Gasteiger partial charge in [0, 0.05) is 18.8 Å². The minimum absolute atomic E-state index is 0.424. The van der Waals surface area contributed by atoms with Gasteiger partial charge < -0.3 is 4.79 Å². The van der Waals surface area contributed by atoms with E-state index in [2.05, 4.69) is 11.7 Å². The van der Waals surface area contributed by atoms with Gasteiger partial charge in [-0.05, 0) is 5.56 Å².